The Hall–Kier alpha value is -2.32. The molecule has 0 saturated carbocycles. The molecule has 0 aliphatic heterocycles. The first-order chi connectivity index (χ1) is 12.1. The molecule has 1 atom stereocenters. The SMILES string of the molecule is C[C@H](Sc1nnc(-c2cccs2)n1N)C(=O)N(C)Cc1ccccc1. The number of carbonyl (C=O) groups is 1. The first-order valence-electron chi connectivity index (χ1n) is 7.76. The van der Waals surface area contributed by atoms with Gasteiger partial charge in [0.15, 0.2) is 5.82 Å². The zero-order valence-electron chi connectivity index (χ0n) is 14.0. The van der Waals surface area contributed by atoms with Gasteiger partial charge >= 0.3 is 0 Å². The van der Waals surface area contributed by atoms with Crippen molar-refractivity contribution in [3.8, 4) is 10.7 Å². The Bertz CT molecular complexity index is 832. The van der Waals surface area contributed by atoms with Crippen LogP contribution in [-0.2, 0) is 11.3 Å². The van der Waals surface area contributed by atoms with E-state index in [9.17, 15) is 4.79 Å². The smallest absolute Gasteiger partial charge is 0.235 e. The molecule has 0 unspecified atom stereocenters. The molecule has 130 valence electrons. The van der Waals surface area contributed by atoms with Crippen LogP contribution < -0.4 is 5.84 Å². The van der Waals surface area contributed by atoms with Gasteiger partial charge in [0.2, 0.25) is 11.1 Å². The molecule has 1 amide bonds. The number of rotatable bonds is 6. The van der Waals surface area contributed by atoms with E-state index in [1.807, 2.05) is 54.8 Å². The summed E-state index contributed by atoms with van der Waals surface area (Å²) in [6.07, 6.45) is 0. The summed E-state index contributed by atoms with van der Waals surface area (Å²) < 4.78 is 1.44. The van der Waals surface area contributed by atoms with Gasteiger partial charge in [-0.1, -0.05) is 48.2 Å². The van der Waals surface area contributed by atoms with Crippen LogP contribution in [0.2, 0.25) is 0 Å². The molecular formula is C17H19N5OS2. The van der Waals surface area contributed by atoms with E-state index in [1.165, 1.54) is 16.4 Å². The van der Waals surface area contributed by atoms with E-state index in [1.54, 1.807) is 23.3 Å². The van der Waals surface area contributed by atoms with Crippen LogP contribution in [0.15, 0.2) is 53.0 Å². The minimum Gasteiger partial charge on any atom is -0.340 e. The van der Waals surface area contributed by atoms with Crippen LogP contribution in [0.25, 0.3) is 10.7 Å². The Morgan fingerprint density at radius 3 is 2.72 bits per heavy atom. The van der Waals surface area contributed by atoms with Crippen LogP contribution in [0.5, 0.6) is 0 Å². The summed E-state index contributed by atoms with van der Waals surface area (Å²) >= 11 is 2.86. The lowest BCUT2D eigenvalue weighted by atomic mass is 10.2. The highest BCUT2D eigenvalue weighted by Crippen LogP contribution is 2.27. The van der Waals surface area contributed by atoms with Crippen molar-refractivity contribution < 1.29 is 4.79 Å². The van der Waals surface area contributed by atoms with E-state index in [4.69, 9.17) is 5.84 Å². The zero-order valence-corrected chi connectivity index (χ0v) is 15.6. The molecule has 0 aliphatic carbocycles. The maximum atomic E-state index is 12.6. The number of carbonyl (C=O) groups excluding carboxylic acids is 1. The van der Waals surface area contributed by atoms with Crippen molar-refractivity contribution in [3.05, 3.63) is 53.4 Å². The number of hydrogen-bond donors (Lipinski definition) is 1. The largest absolute Gasteiger partial charge is 0.340 e. The second-order valence-corrected chi connectivity index (χ2v) is 7.85. The molecular weight excluding hydrogens is 354 g/mol. The van der Waals surface area contributed by atoms with Gasteiger partial charge in [-0.05, 0) is 23.9 Å². The molecule has 0 bridgehead atoms. The molecule has 0 aliphatic rings. The standard InChI is InChI=1S/C17H19N5OS2/c1-12(16(23)21(2)11-13-7-4-3-5-8-13)25-17-20-19-15(22(17)18)14-9-6-10-24-14/h3-10,12H,11,18H2,1-2H3/t12-/m0/s1. The van der Waals surface area contributed by atoms with Crippen molar-refractivity contribution >= 4 is 29.0 Å². The number of hydrogen-bond acceptors (Lipinski definition) is 6. The van der Waals surface area contributed by atoms with Gasteiger partial charge in [-0.2, -0.15) is 0 Å². The molecule has 2 heterocycles. The average molecular weight is 374 g/mol. The van der Waals surface area contributed by atoms with E-state index in [0.717, 1.165) is 10.4 Å². The maximum Gasteiger partial charge on any atom is 0.235 e. The Kier molecular flexibility index (Phi) is 5.40. The molecule has 3 aromatic rings. The third-order valence-electron chi connectivity index (χ3n) is 3.67. The number of benzene rings is 1. The highest BCUT2D eigenvalue weighted by atomic mass is 32.2. The molecule has 25 heavy (non-hydrogen) atoms. The minimum absolute atomic E-state index is 0.0227. The van der Waals surface area contributed by atoms with Gasteiger partial charge in [0.1, 0.15) is 0 Å². The van der Waals surface area contributed by atoms with Gasteiger partial charge in [0.25, 0.3) is 0 Å². The third-order valence-corrected chi connectivity index (χ3v) is 5.59. The summed E-state index contributed by atoms with van der Waals surface area (Å²) in [5.74, 6) is 6.72. The fraction of sp³-hybridized carbons (Fsp3) is 0.235. The van der Waals surface area contributed by atoms with Gasteiger partial charge in [-0.25, -0.2) is 4.68 Å². The predicted octanol–water partition coefficient (Wildman–Crippen LogP) is 2.86. The van der Waals surface area contributed by atoms with Crippen molar-refractivity contribution in [3.63, 3.8) is 0 Å². The molecule has 6 nitrogen and oxygen atoms in total. The van der Waals surface area contributed by atoms with Crippen LogP contribution in [-0.4, -0.2) is 38.0 Å². The average Bonchev–Trinajstić information content (AvgIpc) is 3.25. The van der Waals surface area contributed by atoms with Gasteiger partial charge in [0, 0.05) is 13.6 Å². The third kappa shape index (κ3) is 4.02. The molecule has 0 fully saturated rings. The van der Waals surface area contributed by atoms with E-state index in [2.05, 4.69) is 10.2 Å². The van der Waals surface area contributed by atoms with Crippen molar-refractivity contribution in [2.45, 2.75) is 23.9 Å². The van der Waals surface area contributed by atoms with Gasteiger partial charge in [0.05, 0.1) is 10.1 Å². The van der Waals surface area contributed by atoms with E-state index >= 15 is 0 Å². The number of aromatic nitrogens is 3. The molecule has 1 aromatic carbocycles. The lowest BCUT2D eigenvalue weighted by Crippen LogP contribution is -2.33. The quantitative estimate of drug-likeness (QED) is 0.531. The van der Waals surface area contributed by atoms with Crippen molar-refractivity contribution in [2.75, 3.05) is 12.9 Å². The van der Waals surface area contributed by atoms with E-state index in [0.29, 0.717) is 17.5 Å². The number of amides is 1. The van der Waals surface area contributed by atoms with E-state index in [-0.39, 0.29) is 11.2 Å². The normalized spacial score (nSPS) is 12.1. The number of thioether (sulfide) groups is 1. The van der Waals surface area contributed by atoms with Crippen molar-refractivity contribution in [1.29, 1.82) is 0 Å². The highest BCUT2D eigenvalue weighted by Gasteiger charge is 2.22. The molecule has 2 aromatic heterocycles. The number of nitrogens with zero attached hydrogens (tertiary/aromatic N) is 4. The second kappa shape index (κ2) is 7.71. The predicted molar refractivity (Wildman–Crippen MR) is 102 cm³/mol. The number of nitrogen functional groups attached to an aromatic ring is 1. The number of nitrogens with two attached hydrogens (primary N) is 1. The fourth-order valence-corrected chi connectivity index (χ4v) is 3.98. The van der Waals surface area contributed by atoms with Gasteiger partial charge < -0.3 is 10.7 Å². The molecule has 8 heteroatoms. The Labute approximate surface area is 154 Å². The summed E-state index contributed by atoms with van der Waals surface area (Å²) in [4.78, 5) is 15.3. The van der Waals surface area contributed by atoms with Crippen LogP contribution in [0.4, 0.5) is 0 Å². The molecule has 0 radical (unpaired) electrons. The van der Waals surface area contributed by atoms with Crippen LogP contribution >= 0.6 is 23.1 Å². The molecule has 2 N–H and O–H groups in total. The van der Waals surface area contributed by atoms with Crippen molar-refractivity contribution in [1.82, 2.24) is 19.8 Å². The lowest BCUT2D eigenvalue weighted by Gasteiger charge is -2.20. The van der Waals surface area contributed by atoms with Crippen LogP contribution in [0.3, 0.4) is 0 Å². The zero-order chi connectivity index (χ0) is 17.8. The van der Waals surface area contributed by atoms with Crippen LogP contribution in [0, 0.1) is 0 Å². The van der Waals surface area contributed by atoms with Gasteiger partial charge in [-0.15, -0.1) is 21.5 Å². The monoisotopic (exact) mass is 373 g/mol. The summed E-state index contributed by atoms with van der Waals surface area (Å²) in [5, 5.41) is 10.4. The molecule has 0 spiro atoms. The first-order valence-corrected chi connectivity index (χ1v) is 9.52. The lowest BCUT2D eigenvalue weighted by molar-refractivity contribution is -0.129. The topological polar surface area (TPSA) is 77.0 Å². The second-order valence-electron chi connectivity index (χ2n) is 5.59. The minimum atomic E-state index is -0.309. The molecule has 3 rings (SSSR count). The Morgan fingerprint density at radius 1 is 1.28 bits per heavy atom. The van der Waals surface area contributed by atoms with E-state index < -0.39 is 0 Å². The fourth-order valence-electron chi connectivity index (χ4n) is 2.39. The summed E-state index contributed by atoms with van der Waals surface area (Å²) in [6, 6.07) is 13.8. The summed E-state index contributed by atoms with van der Waals surface area (Å²) in [5.41, 5.74) is 1.09. The number of thiophene rings is 1. The maximum absolute atomic E-state index is 12.6. The van der Waals surface area contributed by atoms with Gasteiger partial charge in [-0.3, -0.25) is 4.79 Å². The summed E-state index contributed by atoms with van der Waals surface area (Å²) in [6.45, 7) is 2.42. The first kappa shape index (κ1) is 17.5. The summed E-state index contributed by atoms with van der Waals surface area (Å²) in [7, 11) is 1.80. The Morgan fingerprint density at radius 2 is 2.04 bits per heavy atom. The van der Waals surface area contributed by atoms with Crippen LogP contribution in [0.1, 0.15) is 12.5 Å². The highest BCUT2D eigenvalue weighted by molar-refractivity contribution is 8.00. The van der Waals surface area contributed by atoms with Crippen molar-refractivity contribution in [2.24, 2.45) is 0 Å². The molecule has 0 saturated heterocycles. The Balaban J connectivity index is 1.65.